The molecule has 124 valence electrons. The van der Waals surface area contributed by atoms with Gasteiger partial charge in [-0.1, -0.05) is 6.07 Å². The highest BCUT2D eigenvalue weighted by Gasteiger charge is 2.28. The lowest BCUT2D eigenvalue weighted by Gasteiger charge is -2.32. The first-order valence-corrected chi connectivity index (χ1v) is 9.84. The summed E-state index contributed by atoms with van der Waals surface area (Å²) in [5, 5.41) is 4.02. The van der Waals surface area contributed by atoms with Gasteiger partial charge in [-0.25, -0.2) is 9.97 Å². The van der Waals surface area contributed by atoms with Crippen molar-refractivity contribution in [1.82, 2.24) is 19.4 Å². The number of piperidine rings is 1. The number of rotatable bonds is 4. The zero-order valence-corrected chi connectivity index (χ0v) is 14.8. The average molecular weight is 358 g/mol. The minimum atomic E-state index is 0.146. The first kappa shape index (κ1) is 15.5. The van der Waals surface area contributed by atoms with Gasteiger partial charge in [0.1, 0.15) is 5.82 Å². The molecule has 0 aliphatic carbocycles. The van der Waals surface area contributed by atoms with Crippen LogP contribution in [-0.4, -0.2) is 38.4 Å². The van der Waals surface area contributed by atoms with Crippen molar-refractivity contribution in [2.24, 2.45) is 0 Å². The summed E-state index contributed by atoms with van der Waals surface area (Å²) in [6.07, 6.45) is 5.95. The number of hydrogen-bond acceptors (Lipinski definition) is 5. The molecule has 0 saturated carbocycles. The highest BCUT2D eigenvalue weighted by molar-refractivity contribution is 7.12. The average Bonchev–Trinajstić information content (AvgIpc) is 3.37. The zero-order chi connectivity index (χ0) is 16.4. The van der Waals surface area contributed by atoms with Crippen LogP contribution in [0.2, 0.25) is 0 Å². The van der Waals surface area contributed by atoms with E-state index in [0.717, 1.165) is 48.9 Å². The van der Waals surface area contributed by atoms with Crippen molar-refractivity contribution in [3.63, 3.8) is 0 Å². The standard InChI is InChI=1S/C17H18N4OS2/c22-17(15-4-2-8-24-15)21-6-1-3-13(9-21)16-18-5-7-20(16)10-14-11-23-12-19-14/h2,4-5,7-8,11-13H,1,3,6,9-10H2/t13-/m0/s1. The minimum absolute atomic E-state index is 0.146. The van der Waals surface area contributed by atoms with Crippen LogP contribution < -0.4 is 0 Å². The fourth-order valence-electron chi connectivity index (χ4n) is 3.23. The van der Waals surface area contributed by atoms with Crippen molar-refractivity contribution in [2.45, 2.75) is 25.3 Å². The van der Waals surface area contributed by atoms with E-state index in [-0.39, 0.29) is 11.8 Å². The van der Waals surface area contributed by atoms with Crippen LogP contribution in [0.3, 0.4) is 0 Å². The van der Waals surface area contributed by atoms with Crippen molar-refractivity contribution in [3.8, 4) is 0 Å². The van der Waals surface area contributed by atoms with E-state index in [1.807, 2.05) is 40.3 Å². The summed E-state index contributed by atoms with van der Waals surface area (Å²) in [5.41, 5.74) is 2.91. The van der Waals surface area contributed by atoms with Gasteiger partial charge in [0.2, 0.25) is 0 Å². The molecule has 0 aromatic carbocycles. The van der Waals surface area contributed by atoms with Gasteiger partial charge in [0.25, 0.3) is 5.91 Å². The summed E-state index contributed by atoms with van der Waals surface area (Å²) in [7, 11) is 0. The maximum Gasteiger partial charge on any atom is 0.263 e. The summed E-state index contributed by atoms with van der Waals surface area (Å²) in [5.74, 6) is 1.50. The van der Waals surface area contributed by atoms with Crippen LogP contribution in [0.5, 0.6) is 0 Å². The molecule has 4 rings (SSSR count). The van der Waals surface area contributed by atoms with E-state index >= 15 is 0 Å². The van der Waals surface area contributed by atoms with Crippen LogP contribution in [0.1, 0.15) is 39.9 Å². The fraction of sp³-hybridized carbons (Fsp3) is 0.353. The first-order valence-electron chi connectivity index (χ1n) is 8.02. The second-order valence-electron chi connectivity index (χ2n) is 5.96. The molecule has 0 N–H and O–H groups in total. The van der Waals surface area contributed by atoms with Crippen molar-refractivity contribution < 1.29 is 4.79 Å². The Hall–Kier alpha value is -1.99. The van der Waals surface area contributed by atoms with Gasteiger partial charge in [-0.05, 0) is 24.3 Å². The SMILES string of the molecule is O=C(c1cccs1)N1CCC[C@H](c2nccn2Cc2cscn2)C1. The van der Waals surface area contributed by atoms with Gasteiger partial charge in [-0.15, -0.1) is 22.7 Å². The summed E-state index contributed by atoms with van der Waals surface area (Å²) in [4.78, 5) is 24.4. The molecule has 3 aromatic rings. The Morgan fingerprint density at radius 2 is 2.33 bits per heavy atom. The molecule has 7 heteroatoms. The third-order valence-electron chi connectivity index (χ3n) is 4.37. The van der Waals surface area contributed by atoms with Gasteiger partial charge in [-0.3, -0.25) is 4.79 Å². The molecule has 0 unspecified atom stereocenters. The summed E-state index contributed by atoms with van der Waals surface area (Å²) >= 11 is 3.12. The van der Waals surface area contributed by atoms with Crippen LogP contribution >= 0.6 is 22.7 Å². The van der Waals surface area contributed by atoms with Crippen LogP contribution in [-0.2, 0) is 6.54 Å². The predicted molar refractivity (Wildman–Crippen MR) is 95.6 cm³/mol. The summed E-state index contributed by atoms with van der Waals surface area (Å²) in [6.45, 7) is 2.32. The van der Waals surface area contributed by atoms with Crippen LogP contribution in [0.4, 0.5) is 0 Å². The molecule has 1 aliphatic heterocycles. The molecule has 1 aliphatic rings. The van der Waals surface area contributed by atoms with Crippen molar-refractivity contribution in [2.75, 3.05) is 13.1 Å². The molecular formula is C17H18N4OS2. The normalized spacial score (nSPS) is 18.0. The molecule has 1 fully saturated rings. The lowest BCUT2D eigenvalue weighted by Crippen LogP contribution is -2.39. The van der Waals surface area contributed by atoms with Crippen molar-refractivity contribution in [3.05, 3.63) is 57.2 Å². The Morgan fingerprint density at radius 3 is 3.12 bits per heavy atom. The third kappa shape index (κ3) is 3.14. The number of nitrogens with zero attached hydrogens (tertiary/aromatic N) is 4. The van der Waals surface area contributed by atoms with Gasteiger partial charge in [0.15, 0.2) is 0 Å². The summed E-state index contributed by atoms with van der Waals surface area (Å²) in [6, 6.07) is 3.83. The number of aromatic nitrogens is 3. The van der Waals surface area contributed by atoms with Gasteiger partial charge >= 0.3 is 0 Å². The lowest BCUT2D eigenvalue weighted by molar-refractivity contribution is 0.0708. The fourth-order valence-corrected chi connectivity index (χ4v) is 4.47. The number of carbonyl (C=O) groups is 1. The Bertz CT molecular complexity index is 795. The van der Waals surface area contributed by atoms with E-state index in [2.05, 4.69) is 19.9 Å². The number of hydrogen-bond donors (Lipinski definition) is 0. The number of carbonyl (C=O) groups excluding carboxylic acids is 1. The van der Waals surface area contributed by atoms with Crippen molar-refractivity contribution >= 4 is 28.6 Å². The third-order valence-corrected chi connectivity index (χ3v) is 5.86. The van der Waals surface area contributed by atoms with Crippen molar-refractivity contribution in [1.29, 1.82) is 0 Å². The maximum absolute atomic E-state index is 12.6. The number of likely N-dealkylation sites (tertiary alicyclic amines) is 1. The van der Waals surface area contributed by atoms with Gasteiger partial charge in [0.05, 0.1) is 22.6 Å². The molecule has 0 spiro atoms. The number of imidazole rings is 1. The molecule has 1 saturated heterocycles. The Labute approximate surface area is 148 Å². The number of thiophene rings is 1. The molecule has 0 radical (unpaired) electrons. The molecule has 0 bridgehead atoms. The topological polar surface area (TPSA) is 51.0 Å². The van der Waals surface area contributed by atoms with E-state index in [0.29, 0.717) is 0 Å². The second-order valence-corrected chi connectivity index (χ2v) is 7.63. The molecule has 1 atom stereocenters. The Kier molecular flexibility index (Phi) is 4.44. The Balaban J connectivity index is 1.50. The zero-order valence-electron chi connectivity index (χ0n) is 13.2. The first-order chi connectivity index (χ1) is 11.8. The predicted octanol–water partition coefficient (Wildman–Crippen LogP) is 3.47. The van der Waals surface area contributed by atoms with Gasteiger partial charge < -0.3 is 9.47 Å². The lowest BCUT2D eigenvalue weighted by atomic mass is 9.97. The second kappa shape index (κ2) is 6.86. The van der Waals surface area contributed by atoms with E-state index in [9.17, 15) is 4.79 Å². The molecule has 5 nitrogen and oxygen atoms in total. The summed E-state index contributed by atoms with van der Waals surface area (Å²) < 4.78 is 2.17. The molecule has 1 amide bonds. The smallest absolute Gasteiger partial charge is 0.263 e. The number of thiazole rings is 1. The van der Waals surface area contributed by atoms with Crippen LogP contribution in [0.25, 0.3) is 0 Å². The Morgan fingerprint density at radius 1 is 1.38 bits per heavy atom. The minimum Gasteiger partial charge on any atom is -0.337 e. The van der Waals surface area contributed by atoms with E-state index < -0.39 is 0 Å². The van der Waals surface area contributed by atoms with Gasteiger partial charge in [0, 0.05) is 36.8 Å². The van der Waals surface area contributed by atoms with Crippen LogP contribution in [0, 0.1) is 0 Å². The highest BCUT2D eigenvalue weighted by atomic mass is 32.1. The highest BCUT2D eigenvalue weighted by Crippen LogP contribution is 2.27. The number of amides is 1. The molecule has 24 heavy (non-hydrogen) atoms. The molecular weight excluding hydrogens is 340 g/mol. The quantitative estimate of drug-likeness (QED) is 0.717. The van der Waals surface area contributed by atoms with E-state index in [1.165, 1.54) is 11.3 Å². The van der Waals surface area contributed by atoms with E-state index in [4.69, 9.17) is 0 Å². The maximum atomic E-state index is 12.6. The van der Waals surface area contributed by atoms with Gasteiger partial charge in [-0.2, -0.15) is 0 Å². The largest absolute Gasteiger partial charge is 0.337 e. The monoisotopic (exact) mass is 358 g/mol. The molecule has 4 heterocycles. The molecule has 3 aromatic heterocycles. The van der Waals surface area contributed by atoms with E-state index in [1.54, 1.807) is 11.3 Å². The van der Waals surface area contributed by atoms with Crippen LogP contribution in [0.15, 0.2) is 40.8 Å².